The molecule has 1 heterocycles. The Bertz CT molecular complexity index is 712. The van der Waals surface area contributed by atoms with Crippen LogP contribution in [0.5, 0.6) is 17.2 Å². The van der Waals surface area contributed by atoms with E-state index >= 15 is 0 Å². The summed E-state index contributed by atoms with van der Waals surface area (Å²) < 4.78 is 16.6. The van der Waals surface area contributed by atoms with Crippen LogP contribution in [0.15, 0.2) is 30.3 Å². The normalized spacial score (nSPS) is 14.1. The zero-order valence-electron chi connectivity index (χ0n) is 14.2. The average Bonchev–Trinajstić information content (AvgIpc) is 2.56. The second-order valence-electron chi connectivity index (χ2n) is 5.99. The summed E-state index contributed by atoms with van der Waals surface area (Å²) in [5.41, 5.74) is 5.01. The second-order valence-corrected chi connectivity index (χ2v) is 5.99. The fourth-order valence-electron chi connectivity index (χ4n) is 2.89. The summed E-state index contributed by atoms with van der Waals surface area (Å²) in [6.45, 7) is 6.57. The van der Waals surface area contributed by atoms with E-state index < -0.39 is 0 Å². The van der Waals surface area contributed by atoms with Gasteiger partial charge >= 0.3 is 0 Å². The number of rotatable bonds is 4. The molecule has 1 aliphatic heterocycles. The summed E-state index contributed by atoms with van der Waals surface area (Å²) in [4.78, 5) is 2.28. The van der Waals surface area contributed by atoms with Crippen LogP contribution in [0.4, 0.5) is 0 Å². The first-order valence-electron chi connectivity index (χ1n) is 7.77. The van der Waals surface area contributed by atoms with Gasteiger partial charge < -0.3 is 14.2 Å². The SMILES string of the molecule is COc1ccc(CN2COc3cc(C)c(C)cc3C2)cc1OC. The Labute approximate surface area is 137 Å². The first-order valence-corrected chi connectivity index (χ1v) is 7.77. The van der Waals surface area contributed by atoms with Crippen molar-refractivity contribution in [3.63, 3.8) is 0 Å². The molecule has 0 saturated carbocycles. The first-order chi connectivity index (χ1) is 11.1. The fraction of sp³-hybridized carbons (Fsp3) is 0.368. The number of benzene rings is 2. The number of fused-ring (bicyclic) bond motifs is 1. The highest BCUT2D eigenvalue weighted by atomic mass is 16.5. The van der Waals surface area contributed by atoms with Crippen molar-refractivity contribution in [3.8, 4) is 17.2 Å². The van der Waals surface area contributed by atoms with Gasteiger partial charge in [-0.25, -0.2) is 0 Å². The third-order valence-electron chi connectivity index (χ3n) is 4.33. The van der Waals surface area contributed by atoms with Crippen molar-refractivity contribution in [2.24, 2.45) is 0 Å². The van der Waals surface area contributed by atoms with Crippen molar-refractivity contribution >= 4 is 0 Å². The van der Waals surface area contributed by atoms with E-state index in [9.17, 15) is 0 Å². The summed E-state index contributed by atoms with van der Waals surface area (Å²) >= 11 is 0. The molecule has 0 unspecified atom stereocenters. The van der Waals surface area contributed by atoms with Gasteiger partial charge in [0.15, 0.2) is 11.5 Å². The largest absolute Gasteiger partial charge is 0.493 e. The maximum atomic E-state index is 5.92. The molecular formula is C19H23NO3. The molecule has 23 heavy (non-hydrogen) atoms. The molecule has 0 amide bonds. The molecule has 1 aliphatic rings. The lowest BCUT2D eigenvalue weighted by Gasteiger charge is -2.29. The van der Waals surface area contributed by atoms with Gasteiger partial charge in [0.25, 0.3) is 0 Å². The standard InChI is InChI=1S/C19H23NO3/c1-13-7-16-11-20(12-23-18(16)8-14(13)2)10-15-5-6-17(21-3)19(9-15)22-4/h5-9H,10-12H2,1-4H3. The van der Waals surface area contributed by atoms with E-state index in [2.05, 4.69) is 36.9 Å². The summed E-state index contributed by atoms with van der Waals surface area (Å²) in [5.74, 6) is 2.52. The Hall–Kier alpha value is -2.20. The van der Waals surface area contributed by atoms with Crippen LogP contribution in [0, 0.1) is 13.8 Å². The third-order valence-corrected chi connectivity index (χ3v) is 4.33. The maximum Gasteiger partial charge on any atom is 0.161 e. The Kier molecular flexibility index (Phi) is 4.44. The van der Waals surface area contributed by atoms with Crippen LogP contribution in [0.25, 0.3) is 0 Å². The van der Waals surface area contributed by atoms with E-state index in [1.807, 2.05) is 12.1 Å². The molecule has 0 bridgehead atoms. The molecule has 3 rings (SSSR count). The van der Waals surface area contributed by atoms with Gasteiger partial charge in [-0.2, -0.15) is 0 Å². The predicted octanol–water partition coefficient (Wildman–Crippen LogP) is 3.67. The van der Waals surface area contributed by atoms with E-state index in [1.54, 1.807) is 14.2 Å². The first kappa shape index (κ1) is 15.7. The second kappa shape index (κ2) is 6.50. The highest BCUT2D eigenvalue weighted by Gasteiger charge is 2.19. The molecule has 122 valence electrons. The van der Waals surface area contributed by atoms with Crippen LogP contribution in [-0.2, 0) is 13.1 Å². The quantitative estimate of drug-likeness (QED) is 0.862. The molecule has 4 nitrogen and oxygen atoms in total. The zero-order valence-corrected chi connectivity index (χ0v) is 14.2. The Morgan fingerprint density at radius 3 is 2.48 bits per heavy atom. The van der Waals surface area contributed by atoms with E-state index in [4.69, 9.17) is 14.2 Å². The minimum Gasteiger partial charge on any atom is -0.493 e. The molecule has 0 spiro atoms. The topological polar surface area (TPSA) is 30.9 Å². The van der Waals surface area contributed by atoms with Gasteiger partial charge in [0, 0.05) is 18.7 Å². The summed E-state index contributed by atoms with van der Waals surface area (Å²) in [6.07, 6.45) is 0. The number of aryl methyl sites for hydroxylation is 2. The van der Waals surface area contributed by atoms with Gasteiger partial charge in [0.2, 0.25) is 0 Å². The zero-order chi connectivity index (χ0) is 16.4. The third kappa shape index (κ3) is 3.27. The molecule has 0 N–H and O–H groups in total. The highest BCUT2D eigenvalue weighted by Crippen LogP contribution is 2.31. The summed E-state index contributed by atoms with van der Waals surface area (Å²) in [6, 6.07) is 10.4. The fourth-order valence-corrected chi connectivity index (χ4v) is 2.89. The van der Waals surface area contributed by atoms with Crippen molar-refractivity contribution in [3.05, 3.63) is 52.6 Å². The van der Waals surface area contributed by atoms with Gasteiger partial charge in [0.1, 0.15) is 12.5 Å². The molecule has 2 aromatic rings. The average molecular weight is 313 g/mol. The van der Waals surface area contributed by atoms with Crippen LogP contribution >= 0.6 is 0 Å². The van der Waals surface area contributed by atoms with Crippen LogP contribution in [0.2, 0.25) is 0 Å². The smallest absolute Gasteiger partial charge is 0.161 e. The highest BCUT2D eigenvalue weighted by molar-refractivity contribution is 5.44. The number of ether oxygens (including phenoxy) is 3. The van der Waals surface area contributed by atoms with Crippen LogP contribution < -0.4 is 14.2 Å². The van der Waals surface area contributed by atoms with Gasteiger partial charge in [-0.1, -0.05) is 12.1 Å². The van der Waals surface area contributed by atoms with Crippen LogP contribution in [-0.4, -0.2) is 25.9 Å². The number of methoxy groups -OCH3 is 2. The van der Waals surface area contributed by atoms with Crippen molar-refractivity contribution in [2.45, 2.75) is 26.9 Å². The maximum absolute atomic E-state index is 5.92. The lowest BCUT2D eigenvalue weighted by Crippen LogP contribution is -2.31. The minimum atomic E-state index is 0.601. The van der Waals surface area contributed by atoms with Crippen molar-refractivity contribution in [1.82, 2.24) is 4.90 Å². The van der Waals surface area contributed by atoms with Crippen molar-refractivity contribution in [1.29, 1.82) is 0 Å². The van der Waals surface area contributed by atoms with Crippen LogP contribution in [0.3, 0.4) is 0 Å². The minimum absolute atomic E-state index is 0.601. The number of nitrogens with zero attached hydrogens (tertiary/aromatic N) is 1. The molecule has 0 atom stereocenters. The Morgan fingerprint density at radius 2 is 1.74 bits per heavy atom. The van der Waals surface area contributed by atoms with Crippen molar-refractivity contribution in [2.75, 3.05) is 21.0 Å². The molecule has 0 aromatic heterocycles. The monoisotopic (exact) mass is 313 g/mol. The molecule has 0 radical (unpaired) electrons. The van der Waals surface area contributed by atoms with Gasteiger partial charge in [-0.05, 0) is 48.7 Å². The van der Waals surface area contributed by atoms with E-state index in [-0.39, 0.29) is 0 Å². The molecule has 4 heteroatoms. The molecule has 2 aromatic carbocycles. The van der Waals surface area contributed by atoms with E-state index in [0.717, 1.165) is 30.3 Å². The summed E-state index contributed by atoms with van der Waals surface area (Å²) in [5, 5.41) is 0. The van der Waals surface area contributed by atoms with Gasteiger partial charge in [-0.3, -0.25) is 4.90 Å². The molecule has 0 aliphatic carbocycles. The van der Waals surface area contributed by atoms with Crippen LogP contribution in [0.1, 0.15) is 22.3 Å². The van der Waals surface area contributed by atoms with Crippen molar-refractivity contribution < 1.29 is 14.2 Å². The van der Waals surface area contributed by atoms with Gasteiger partial charge in [-0.15, -0.1) is 0 Å². The molecule has 0 saturated heterocycles. The predicted molar refractivity (Wildman–Crippen MR) is 90.2 cm³/mol. The Balaban J connectivity index is 1.76. The number of hydrogen-bond donors (Lipinski definition) is 0. The molecule has 0 fully saturated rings. The summed E-state index contributed by atoms with van der Waals surface area (Å²) in [7, 11) is 3.31. The lowest BCUT2D eigenvalue weighted by atomic mass is 10.0. The number of hydrogen-bond acceptors (Lipinski definition) is 4. The molecular weight excluding hydrogens is 290 g/mol. The lowest BCUT2D eigenvalue weighted by molar-refractivity contribution is 0.0885. The van der Waals surface area contributed by atoms with E-state index in [0.29, 0.717) is 6.73 Å². The van der Waals surface area contributed by atoms with E-state index in [1.165, 1.54) is 22.3 Å². The Morgan fingerprint density at radius 1 is 1.00 bits per heavy atom. The van der Waals surface area contributed by atoms with Gasteiger partial charge in [0.05, 0.1) is 14.2 Å².